The van der Waals surface area contributed by atoms with E-state index < -0.39 is 32.6 Å². The van der Waals surface area contributed by atoms with Crippen LogP contribution in [-0.2, 0) is 14.8 Å². The maximum Gasteiger partial charge on any atom is 0.309 e. The first-order valence-corrected chi connectivity index (χ1v) is 6.34. The second kappa shape index (κ2) is 4.08. The number of aliphatic carboxylic acids is 1. The van der Waals surface area contributed by atoms with E-state index in [4.69, 9.17) is 5.11 Å². The third-order valence-electron chi connectivity index (χ3n) is 2.65. The third kappa shape index (κ3) is 2.03. The van der Waals surface area contributed by atoms with Crippen LogP contribution in [0.5, 0.6) is 0 Å². The summed E-state index contributed by atoms with van der Waals surface area (Å²) in [6, 6.07) is 5.04. The smallest absolute Gasteiger partial charge is 0.309 e. The number of rotatable bonds is 3. The molecule has 2 rings (SSSR count). The zero-order valence-corrected chi connectivity index (χ0v) is 9.52. The summed E-state index contributed by atoms with van der Waals surface area (Å²) < 4.78 is 38.1. The monoisotopic (exact) mass is 259 g/mol. The van der Waals surface area contributed by atoms with Gasteiger partial charge in [0.25, 0.3) is 0 Å². The number of carboxylic acid groups (broad SMARTS) is 1. The minimum Gasteiger partial charge on any atom is -0.481 e. The molecule has 0 amide bonds. The Bertz CT molecular complexity index is 551. The van der Waals surface area contributed by atoms with Gasteiger partial charge in [-0.3, -0.25) is 4.79 Å². The highest BCUT2D eigenvalue weighted by atomic mass is 32.2. The largest absolute Gasteiger partial charge is 0.481 e. The molecular weight excluding hydrogens is 249 g/mol. The minimum absolute atomic E-state index is 0.105. The fourth-order valence-corrected chi connectivity index (χ4v) is 3.18. The molecule has 7 heteroatoms. The molecule has 0 aromatic heterocycles. The van der Waals surface area contributed by atoms with Crippen LogP contribution >= 0.6 is 0 Å². The molecular formula is C10H10FNO4S. The number of nitrogens with zero attached hydrogens (tertiary/aromatic N) is 1. The van der Waals surface area contributed by atoms with E-state index in [1.54, 1.807) is 0 Å². The van der Waals surface area contributed by atoms with Crippen molar-refractivity contribution in [1.29, 1.82) is 0 Å². The van der Waals surface area contributed by atoms with Gasteiger partial charge in [-0.15, -0.1) is 0 Å². The first kappa shape index (κ1) is 12.0. The zero-order chi connectivity index (χ0) is 12.6. The number of hydrogen-bond donors (Lipinski definition) is 1. The quantitative estimate of drug-likeness (QED) is 0.859. The number of sulfonamides is 1. The summed E-state index contributed by atoms with van der Waals surface area (Å²) in [5.74, 6) is -2.56. The molecule has 1 fully saturated rings. The van der Waals surface area contributed by atoms with Crippen LogP contribution in [0.15, 0.2) is 29.2 Å². The van der Waals surface area contributed by atoms with Gasteiger partial charge in [-0.1, -0.05) is 12.1 Å². The highest BCUT2D eigenvalue weighted by molar-refractivity contribution is 7.89. The molecule has 0 unspecified atom stereocenters. The van der Waals surface area contributed by atoms with E-state index >= 15 is 0 Å². The maximum absolute atomic E-state index is 13.3. The molecule has 0 aliphatic carbocycles. The lowest BCUT2D eigenvalue weighted by atomic mass is 10.0. The molecule has 0 radical (unpaired) electrons. The Morgan fingerprint density at radius 1 is 1.35 bits per heavy atom. The molecule has 0 spiro atoms. The fourth-order valence-electron chi connectivity index (χ4n) is 1.58. The summed E-state index contributed by atoms with van der Waals surface area (Å²) in [7, 11) is -3.90. The van der Waals surface area contributed by atoms with Gasteiger partial charge >= 0.3 is 5.97 Å². The van der Waals surface area contributed by atoms with Gasteiger partial charge in [-0.2, -0.15) is 4.31 Å². The molecule has 1 N–H and O–H groups in total. The molecule has 0 saturated carbocycles. The van der Waals surface area contributed by atoms with Crippen LogP contribution < -0.4 is 0 Å². The van der Waals surface area contributed by atoms with Gasteiger partial charge in [-0.05, 0) is 12.1 Å². The molecule has 5 nitrogen and oxygen atoms in total. The fraction of sp³-hybridized carbons (Fsp3) is 0.300. The van der Waals surface area contributed by atoms with Crippen molar-refractivity contribution >= 4 is 16.0 Å². The second-order valence-corrected chi connectivity index (χ2v) is 5.69. The molecule has 1 saturated heterocycles. The highest BCUT2D eigenvalue weighted by Crippen LogP contribution is 2.26. The van der Waals surface area contributed by atoms with Crippen molar-refractivity contribution < 1.29 is 22.7 Å². The Hall–Kier alpha value is -1.47. The van der Waals surface area contributed by atoms with Gasteiger partial charge < -0.3 is 5.11 Å². The van der Waals surface area contributed by atoms with Crippen LogP contribution in [0.2, 0.25) is 0 Å². The van der Waals surface area contributed by atoms with E-state index in [2.05, 4.69) is 0 Å². The Balaban J connectivity index is 2.23. The average molecular weight is 259 g/mol. The van der Waals surface area contributed by atoms with Crippen molar-refractivity contribution in [3.8, 4) is 0 Å². The highest BCUT2D eigenvalue weighted by Gasteiger charge is 2.41. The van der Waals surface area contributed by atoms with Gasteiger partial charge in [0.2, 0.25) is 10.0 Å². The lowest BCUT2D eigenvalue weighted by molar-refractivity contribution is -0.145. The van der Waals surface area contributed by atoms with Crippen LogP contribution in [-0.4, -0.2) is 36.9 Å². The van der Waals surface area contributed by atoms with Gasteiger partial charge in [0, 0.05) is 13.1 Å². The molecule has 1 heterocycles. The second-order valence-electron chi connectivity index (χ2n) is 3.79. The van der Waals surface area contributed by atoms with Crippen molar-refractivity contribution in [3.63, 3.8) is 0 Å². The summed E-state index contributed by atoms with van der Waals surface area (Å²) in [5.41, 5.74) is 0. The van der Waals surface area contributed by atoms with Crippen molar-refractivity contribution in [2.75, 3.05) is 13.1 Å². The summed E-state index contributed by atoms with van der Waals surface area (Å²) >= 11 is 0. The Morgan fingerprint density at radius 3 is 2.47 bits per heavy atom. The number of halogens is 1. The lowest BCUT2D eigenvalue weighted by Crippen LogP contribution is -2.52. The molecule has 1 aliphatic heterocycles. The molecule has 1 aliphatic rings. The van der Waals surface area contributed by atoms with Crippen molar-refractivity contribution in [2.24, 2.45) is 5.92 Å². The van der Waals surface area contributed by atoms with E-state index in [0.29, 0.717) is 0 Å². The summed E-state index contributed by atoms with van der Waals surface area (Å²) in [6.07, 6.45) is 0. The first-order valence-electron chi connectivity index (χ1n) is 4.90. The van der Waals surface area contributed by atoms with Crippen LogP contribution in [0.1, 0.15) is 0 Å². The number of carboxylic acids is 1. The minimum atomic E-state index is -3.90. The average Bonchev–Trinajstić information content (AvgIpc) is 2.14. The predicted octanol–water partition coefficient (Wildman–Crippen LogP) is 0.531. The molecule has 1 aromatic carbocycles. The topological polar surface area (TPSA) is 74.7 Å². The van der Waals surface area contributed by atoms with Crippen molar-refractivity contribution in [1.82, 2.24) is 4.31 Å². The maximum atomic E-state index is 13.3. The third-order valence-corrected chi connectivity index (χ3v) is 4.52. The normalized spacial score (nSPS) is 17.7. The molecule has 0 bridgehead atoms. The van der Waals surface area contributed by atoms with Crippen molar-refractivity contribution in [2.45, 2.75) is 4.90 Å². The van der Waals surface area contributed by atoms with E-state index in [1.807, 2.05) is 0 Å². The van der Waals surface area contributed by atoms with E-state index in [1.165, 1.54) is 18.2 Å². The SMILES string of the molecule is O=C(O)C1CN(S(=O)(=O)c2ccccc2F)C1. The molecule has 1 aromatic rings. The molecule has 0 atom stereocenters. The number of carbonyl (C=O) groups is 1. The van der Waals surface area contributed by atoms with E-state index in [-0.39, 0.29) is 13.1 Å². The Morgan fingerprint density at radius 2 is 1.94 bits per heavy atom. The van der Waals surface area contributed by atoms with Gasteiger partial charge in [0.15, 0.2) is 0 Å². The van der Waals surface area contributed by atoms with E-state index in [0.717, 1.165) is 10.4 Å². The number of benzene rings is 1. The van der Waals surface area contributed by atoms with Gasteiger partial charge in [0.1, 0.15) is 10.7 Å². The van der Waals surface area contributed by atoms with Crippen LogP contribution in [0.4, 0.5) is 4.39 Å². The summed E-state index contributed by atoms with van der Waals surface area (Å²) in [4.78, 5) is 10.1. The van der Waals surface area contributed by atoms with Crippen LogP contribution in [0.25, 0.3) is 0 Å². The lowest BCUT2D eigenvalue weighted by Gasteiger charge is -2.35. The molecule has 17 heavy (non-hydrogen) atoms. The zero-order valence-electron chi connectivity index (χ0n) is 8.71. The Labute approximate surface area is 97.5 Å². The number of hydrogen-bond acceptors (Lipinski definition) is 3. The first-order chi connectivity index (χ1) is 7.93. The van der Waals surface area contributed by atoms with Crippen LogP contribution in [0, 0.1) is 11.7 Å². The standard InChI is InChI=1S/C10H10FNO4S/c11-8-3-1-2-4-9(8)17(15,16)12-5-7(6-12)10(13)14/h1-4,7H,5-6H2,(H,13,14). The van der Waals surface area contributed by atoms with E-state index in [9.17, 15) is 17.6 Å². The summed E-state index contributed by atoms with van der Waals surface area (Å²) in [5, 5.41) is 8.65. The predicted molar refractivity (Wildman–Crippen MR) is 56.3 cm³/mol. The van der Waals surface area contributed by atoms with Gasteiger partial charge in [0.05, 0.1) is 5.92 Å². The van der Waals surface area contributed by atoms with Crippen molar-refractivity contribution in [3.05, 3.63) is 30.1 Å². The van der Waals surface area contributed by atoms with Crippen LogP contribution in [0.3, 0.4) is 0 Å². The summed E-state index contributed by atoms with van der Waals surface area (Å²) in [6.45, 7) is -0.210. The van der Waals surface area contributed by atoms with Gasteiger partial charge in [-0.25, -0.2) is 12.8 Å². The molecule has 92 valence electrons. The Kier molecular flexibility index (Phi) is 2.88.